The summed E-state index contributed by atoms with van der Waals surface area (Å²) in [6.45, 7) is 0.0983. The standard InChI is InChI=1S/C21H22Cl2N2O5.2C12H23N/c22-17-5-1-13(2-6-17)15(9-19(26)27)11-24-21(30)25-12-16(10-20(28)29)14-3-7-18(23)8-4-14;2*1-3-7-11(8-4-1)13-12-9-5-2-6-10-12/h1-8,15-16H,9-12H2,(H,26,27)(H,28,29)(H2,24,25,30);2*11-13H,1-10H2. The second kappa shape index (κ2) is 26.2. The molecule has 0 saturated heterocycles. The van der Waals surface area contributed by atoms with Gasteiger partial charge >= 0.3 is 6.03 Å². The van der Waals surface area contributed by atoms with Gasteiger partial charge in [0.25, 0.3) is 0 Å². The van der Waals surface area contributed by atoms with Crippen LogP contribution < -0.4 is 31.5 Å². The van der Waals surface area contributed by atoms with Gasteiger partial charge in [0.2, 0.25) is 0 Å². The van der Waals surface area contributed by atoms with Crippen molar-refractivity contribution in [2.75, 3.05) is 13.1 Å². The number of nitrogens with one attached hydrogen (secondary N) is 2. The van der Waals surface area contributed by atoms with Crippen LogP contribution in [-0.2, 0) is 9.59 Å². The van der Waals surface area contributed by atoms with Crippen molar-refractivity contribution in [1.82, 2.24) is 10.6 Å². The zero-order valence-electron chi connectivity index (χ0n) is 33.5. The number of benzene rings is 2. The highest BCUT2D eigenvalue weighted by atomic mass is 35.5. The number of carboxylic acid groups (broad SMARTS) is 2. The molecule has 4 aliphatic carbocycles. The van der Waals surface area contributed by atoms with Gasteiger partial charge in [-0.15, -0.1) is 0 Å². The summed E-state index contributed by atoms with van der Waals surface area (Å²) in [6, 6.07) is 16.7. The number of hydrogen-bond acceptors (Lipinski definition) is 5. The van der Waals surface area contributed by atoms with Crippen LogP contribution in [0.1, 0.15) is 164 Å². The topological polar surface area (TPSA) is 155 Å². The van der Waals surface area contributed by atoms with Gasteiger partial charge in [0.1, 0.15) is 0 Å². The van der Waals surface area contributed by atoms with Crippen molar-refractivity contribution in [3.8, 4) is 0 Å². The van der Waals surface area contributed by atoms with Crippen LogP contribution in [0.5, 0.6) is 0 Å². The summed E-state index contributed by atoms with van der Waals surface area (Å²) in [4.78, 5) is 34.3. The second-order valence-electron chi connectivity index (χ2n) is 16.7. The number of carboxylic acids is 2. The largest absolute Gasteiger partial charge is 0.550 e. The Labute approximate surface area is 345 Å². The maximum atomic E-state index is 12.2. The molecule has 0 heterocycles. The Morgan fingerprint density at radius 3 is 1.02 bits per heavy atom. The molecule has 0 aliphatic heterocycles. The van der Waals surface area contributed by atoms with Crippen LogP contribution in [0.4, 0.5) is 4.79 Å². The molecule has 0 radical (unpaired) electrons. The highest BCUT2D eigenvalue weighted by molar-refractivity contribution is 6.30. The summed E-state index contributed by atoms with van der Waals surface area (Å²) in [7, 11) is 0. The molecule has 56 heavy (non-hydrogen) atoms. The molecule has 9 nitrogen and oxygen atoms in total. The quantitative estimate of drug-likeness (QED) is 0.188. The minimum atomic E-state index is -1.24. The fraction of sp³-hybridized carbons (Fsp3) is 0.667. The Balaban J connectivity index is 0.000000218. The average molecular weight is 816 g/mol. The van der Waals surface area contributed by atoms with E-state index in [1.54, 1.807) is 48.5 Å². The Bertz CT molecular complexity index is 1270. The van der Waals surface area contributed by atoms with E-state index < -0.39 is 29.8 Å². The van der Waals surface area contributed by atoms with E-state index in [4.69, 9.17) is 23.2 Å². The SMILES string of the molecule is C1CCC([NH2+]C2CCCCC2)CC1.C1CCC([NH2+]C2CCCCC2)CC1.O=C([O-])CC(CNC(=O)NCC(CC(=O)[O-])c1ccc(Cl)cc1)c1ccc(Cl)cc1. The molecule has 2 atom stereocenters. The monoisotopic (exact) mass is 814 g/mol. The average Bonchev–Trinajstić information content (AvgIpc) is 3.20. The fourth-order valence-electron chi connectivity index (χ4n) is 9.06. The van der Waals surface area contributed by atoms with Crippen LogP contribution in [0.2, 0.25) is 10.0 Å². The van der Waals surface area contributed by atoms with Crippen LogP contribution in [0, 0.1) is 0 Å². The van der Waals surface area contributed by atoms with Gasteiger partial charge in [0.05, 0.1) is 24.2 Å². The highest BCUT2D eigenvalue weighted by Crippen LogP contribution is 2.23. The first-order valence-corrected chi connectivity index (χ1v) is 22.5. The fourth-order valence-corrected chi connectivity index (χ4v) is 9.31. The maximum Gasteiger partial charge on any atom is 0.314 e. The first kappa shape index (κ1) is 45.8. The van der Waals surface area contributed by atoms with Gasteiger partial charge in [-0.25, -0.2) is 4.79 Å². The number of urea groups is 1. The van der Waals surface area contributed by atoms with Crippen molar-refractivity contribution in [3.63, 3.8) is 0 Å². The van der Waals surface area contributed by atoms with E-state index in [1.807, 2.05) is 0 Å². The van der Waals surface area contributed by atoms with Crippen LogP contribution in [0.15, 0.2) is 48.5 Å². The molecule has 6 N–H and O–H groups in total. The lowest BCUT2D eigenvalue weighted by atomic mass is 9.91. The Morgan fingerprint density at radius 2 is 0.768 bits per heavy atom. The molecule has 4 aliphatic rings. The van der Waals surface area contributed by atoms with Crippen molar-refractivity contribution >= 4 is 41.2 Å². The molecule has 2 amide bonds. The number of hydrogen-bond donors (Lipinski definition) is 4. The third-order valence-electron chi connectivity index (χ3n) is 12.2. The van der Waals surface area contributed by atoms with E-state index in [1.165, 1.54) is 128 Å². The summed E-state index contributed by atoms with van der Waals surface area (Å²) in [6.07, 6.45) is 29.3. The number of carbonyl (C=O) groups excluding carboxylic acids is 3. The summed E-state index contributed by atoms with van der Waals surface area (Å²) in [5, 5.41) is 33.8. The lowest BCUT2D eigenvalue weighted by Crippen LogP contribution is -2.95. The molecular weight excluding hydrogens is 747 g/mol. The maximum absolute atomic E-state index is 12.2. The number of aliphatic carboxylic acids is 2. The summed E-state index contributed by atoms with van der Waals surface area (Å²) in [5.41, 5.74) is 1.39. The number of amides is 2. The van der Waals surface area contributed by atoms with E-state index >= 15 is 0 Å². The van der Waals surface area contributed by atoms with Gasteiger partial charge in [0, 0.05) is 46.9 Å². The van der Waals surface area contributed by atoms with Crippen molar-refractivity contribution in [1.29, 1.82) is 0 Å². The molecular formula is C45H68Cl2N4O5. The zero-order valence-corrected chi connectivity index (χ0v) is 35.0. The lowest BCUT2D eigenvalue weighted by Gasteiger charge is -2.27. The minimum Gasteiger partial charge on any atom is -0.550 e. The van der Waals surface area contributed by atoms with Gasteiger partial charge in [-0.3, -0.25) is 0 Å². The van der Waals surface area contributed by atoms with Crippen molar-refractivity contribution in [3.05, 3.63) is 69.7 Å². The van der Waals surface area contributed by atoms with E-state index in [0.717, 1.165) is 24.2 Å². The van der Waals surface area contributed by atoms with E-state index in [0.29, 0.717) is 21.2 Å². The van der Waals surface area contributed by atoms with Gasteiger partial charge in [-0.1, -0.05) is 73.2 Å². The van der Waals surface area contributed by atoms with Gasteiger partial charge in [-0.2, -0.15) is 0 Å². The summed E-state index contributed by atoms with van der Waals surface area (Å²) >= 11 is 11.7. The molecule has 0 aromatic heterocycles. The molecule has 4 saturated carbocycles. The molecule has 312 valence electrons. The molecule has 11 heteroatoms. The van der Waals surface area contributed by atoms with Crippen molar-refractivity contribution < 1.29 is 35.2 Å². The third-order valence-corrected chi connectivity index (χ3v) is 12.7. The second-order valence-corrected chi connectivity index (χ2v) is 17.6. The number of quaternary nitrogens is 2. The zero-order chi connectivity index (χ0) is 40.0. The van der Waals surface area contributed by atoms with Gasteiger partial charge < -0.3 is 41.1 Å². The van der Waals surface area contributed by atoms with E-state index in [2.05, 4.69) is 21.3 Å². The van der Waals surface area contributed by atoms with Crippen LogP contribution >= 0.6 is 23.2 Å². The van der Waals surface area contributed by atoms with E-state index in [9.17, 15) is 24.6 Å². The first-order chi connectivity index (χ1) is 27.1. The summed E-state index contributed by atoms with van der Waals surface area (Å²) in [5.74, 6) is -3.50. The Hall–Kier alpha value is -2.85. The molecule has 0 spiro atoms. The molecule has 2 aromatic carbocycles. The number of halogens is 2. The van der Waals surface area contributed by atoms with Gasteiger partial charge in [-0.05, 0) is 151 Å². The first-order valence-electron chi connectivity index (χ1n) is 21.8. The van der Waals surface area contributed by atoms with Crippen LogP contribution in [-0.4, -0.2) is 55.2 Å². The molecule has 4 fully saturated rings. The summed E-state index contributed by atoms with van der Waals surface area (Å²) < 4.78 is 0. The van der Waals surface area contributed by atoms with Crippen LogP contribution in [0.25, 0.3) is 0 Å². The molecule has 0 bridgehead atoms. The number of rotatable bonds is 14. The molecule has 2 aromatic rings. The predicted octanol–water partition coefficient (Wildman–Crippen LogP) is 5.87. The van der Waals surface area contributed by atoms with Crippen molar-refractivity contribution in [2.45, 2.75) is 177 Å². The minimum absolute atomic E-state index is 0.0492. The smallest absolute Gasteiger partial charge is 0.314 e. The molecule has 6 rings (SSSR count). The molecule has 2 unspecified atom stereocenters. The normalized spacial score (nSPS) is 19.6. The predicted molar refractivity (Wildman–Crippen MR) is 220 cm³/mol. The van der Waals surface area contributed by atoms with Gasteiger partial charge in [0.15, 0.2) is 0 Å². The lowest BCUT2D eigenvalue weighted by molar-refractivity contribution is -0.726. The third kappa shape index (κ3) is 18.6. The number of carbonyl (C=O) groups is 3. The Kier molecular flexibility index (Phi) is 21.5. The highest BCUT2D eigenvalue weighted by Gasteiger charge is 2.24. The van der Waals surface area contributed by atoms with Crippen molar-refractivity contribution in [2.24, 2.45) is 0 Å². The van der Waals surface area contributed by atoms with Crippen LogP contribution in [0.3, 0.4) is 0 Å². The van der Waals surface area contributed by atoms with E-state index in [-0.39, 0.29) is 25.9 Å². The Morgan fingerprint density at radius 1 is 0.500 bits per heavy atom. The number of nitrogens with two attached hydrogens (primary N) is 2.